The van der Waals surface area contributed by atoms with Gasteiger partial charge in [0.25, 0.3) is 0 Å². The number of amides is 1. The van der Waals surface area contributed by atoms with Crippen LogP contribution >= 0.6 is 11.8 Å². The molecule has 0 bridgehead atoms. The Morgan fingerprint density at radius 2 is 2.04 bits per heavy atom. The van der Waals surface area contributed by atoms with Gasteiger partial charge in [0.2, 0.25) is 5.91 Å². The van der Waals surface area contributed by atoms with E-state index in [-0.39, 0.29) is 11.2 Å². The average molecular weight is 392 g/mol. The summed E-state index contributed by atoms with van der Waals surface area (Å²) in [6, 6.07) is 0. The third-order valence-corrected chi connectivity index (χ3v) is 5.45. The maximum atomic E-state index is 11.9. The van der Waals surface area contributed by atoms with Crippen molar-refractivity contribution in [3.05, 3.63) is 83.9 Å². The van der Waals surface area contributed by atoms with Gasteiger partial charge in [-0.15, -0.1) is 0 Å². The van der Waals surface area contributed by atoms with Gasteiger partial charge in [-0.2, -0.15) is 0 Å². The van der Waals surface area contributed by atoms with E-state index in [0.717, 1.165) is 41.2 Å². The zero-order valence-electron chi connectivity index (χ0n) is 16.3. The van der Waals surface area contributed by atoms with Gasteiger partial charge in [-0.25, -0.2) is 4.98 Å². The van der Waals surface area contributed by atoms with Gasteiger partial charge in [-0.3, -0.25) is 9.78 Å². The van der Waals surface area contributed by atoms with Crippen molar-refractivity contribution in [2.75, 3.05) is 7.05 Å². The van der Waals surface area contributed by atoms with Gasteiger partial charge in [0.05, 0.1) is 22.8 Å². The van der Waals surface area contributed by atoms with E-state index in [0.29, 0.717) is 0 Å². The molecule has 2 aliphatic carbocycles. The van der Waals surface area contributed by atoms with Crippen LogP contribution in [0.1, 0.15) is 31.2 Å². The first-order valence-electron chi connectivity index (χ1n) is 9.47. The Kier molecular flexibility index (Phi) is 7.20. The Balaban J connectivity index is 1.94. The van der Waals surface area contributed by atoms with Crippen LogP contribution in [0.15, 0.2) is 77.6 Å². The van der Waals surface area contributed by atoms with Crippen molar-refractivity contribution in [2.45, 2.75) is 36.5 Å². The van der Waals surface area contributed by atoms with Crippen molar-refractivity contribution >= 4 is 23.2 Å². The van der Waals surface area contributed by atoms with Crippen LogP contribution in [0, 0.1) is 0 Å². The van der Waals surface area contributed by atoms with E-state index >= 15 is 0 Å². The minimum atomic E-state index is -0.227. The van der Waals surface area contributed by atoms with Crippen LogP contribution in [0.3, 0.4) is 0 Å². The number of nitrogens with zero attached hydrogens (tertiary/aromatic N) is 2. The minimum absolute atomic E-state index is 0.0183. The summed E-state index contributed by atoms with van der Waals surface area (Å²) in [5, 5.41) is 3.21. The molecule has 1 aromatic rings. The fourth-order valence-corrected chi connectivity index (χ4v) is 3.78. The van der Waals surface area contributed by atoms with E-state index in [1.165, 1.54) is 17.3 Å². The van der Waals surface area contributed by atoms with Crippen LogP contribution in [-0.4, -0.2) is 28.2 Å². The molecule has 0 spiro atoms. The van der Waals surface area contributed by atoms with E-state index in [2.05, 4.69) is 66.1 Å². The van der Waals surface area contributed by atoms with E-state index in [1.54, 1.807) is 13.2 Å². The molecule has 0 aromatic carbocycles. The Hall–Kier alpha value is -2.66. The Morgan fingerprint density at radius 3 is 2.89 bits per heavy atom. The quantitative estimate of drug-likeness (QED) is 0.721. The lowest BCUT2D eigenvalue weighted by molar-refractivity contribution is -0.119. The van der Waals surface area contributed by atoms with Gasteiger partial charge in [0, 0.05) is 19.0 Å². The van der Waals surface area contributed by atoms with Crippen molar-refractivity contribution in [2.24, 2.45) is 0 Å². The van der Waals surface area contributed by atoms with Crippen LogP contribution in [0.2, 0.25) is 0 Å². The smallest absolute Gasteiger partial charge is 0.233 e. The highest BCUT2D eigenvalue weighted by Crippen LogP contribution is 2.27. The van der Waals surface area contributed by atoms with Gasteiger partial charge >= 0.3 is 0 Å². The summed E-state index contributed by atoms with van der Waals surface area (Å²) in [5.41, 5.74) is 4.10. The molecule has 4 nitrogen and oxygen atoms in total. The average Bonchev–Trinajstić information content (AvgIpc) is 3.13. The molecule has 1 heterocycles. The molecule has 0 radical (unpaired) electrons. The highest BCUT2D eigenvalue weighted by atomic mass is 32.2. The predicted octanol–water partition coefficient (Wildman–Crippen LogP) is 4.59. The molecule has 1 N–H and O–H groups in total. The first-order chi connectivity index (χ1) is 13.7. The second kappa shape index (κ2) is 10.0. The van der Waals surface area contributed by atoms with Crippen molar-refractivity contribution in [1.82, 2.24) is 15.3 Å². The number of aromatic nitrogens is 2. The van der Waals surface area contributed by atoms with Gasteiger partial charge in [0.1, 0.15) is 5.03 Å². The van der Waals surface area contributed by atoms with Gasteiger partial charge in [-0.1, -0.05) is 72.5 Å². The largest absolute Gasteiger partial charge is 0.358 e. The molecule has 0 fully saturated rings. The number of hydrogen-bond donors (Lipinski definition) is 1. The van der Waals surface area contributed by atoms with Crippen LogP contribution in [0.5, 0.6) is 0 Å². The fourth-order valence-electron chi connectivity index (χ4n) is 2.94. The summed E-state index contributed by atoms with van der Waals surface area (Å²) in [6.07, 6.45) is 25.4. The number of thioether (sulfide) groups is 1. The third kappa shape index (κ3) is 5.42. The number of rotatable bonds is 6. The maximum absolute atomic E-state index is 11.9. The SMILES string of the molecule is CNC(=O)[C@H](C)Sc1cnc(CC2=CCC=CC=C2)c(C2=CC=CCC=C2)n1. The van der Waals surface area contributed by atoms with E-state index < -0.39 is 0 Å². The van der Waals surface area contributed by atoms with E-state index in [9.17, 15) is 4.79 Å². The van der Waals surface area contributed by atoms with Crippen LogP contribution < -0.4 is 5.32 Å². The van der Waals surface area contributed by atoms with Gasteiger partial charge in [0.15, 0.2) is 0 Å². The number of nitrogens with one attached hydrogen (secondary N) is 1. The van der Waals surface area contributed by atoms with Crippen molar-refractivity contribution < 1.29 is 4.79 Å². The molecule has 144 valence electrons. The number of allylic oxidation sites excluding steroid dienone is 12. The topological polar surface area (TPSA) is 54.9 Å². The molecule has 0 saturated carbocycles. The molecule has 0 saturated heterocycles. The first kappa shape index (κ1) is 20.1. The highest BCUT2D eigenvalue weighted by molar-refractivity contribution is 8.00. The first-order valence-corrected chi connectivity index (χ1v) is 10.4. The van der Waals surface area contributed by atoms with E-state index in [1.807, 2.05) is 6.92 Å². The third-order valence-electron chi connectivity index (χ3n) is 4.44. The van der Waals surface area contributed by atoms with Gasteiger partial charge in [-0.05, 0) is 25.3 Å². The monoisotopic (exact) mass is 391 g/mol. The second-order valence-electron chi connectivity index (χ2n) is 6.54. The summed E-state index contributed by atoms with van der Waals surface area (Å²) < 4.78 is 0. The zero-order valence-corrected chi connectivity index (χ0v) is 17.1. The molecule has 0 aliphatic heterocycles. The molecule has 2 aliphatic rings. The number of carbonyl (C=O) groups excluding carboxylic acids is 1. The molecule has 5 heteroatoms. The normalized spacial score (nSPS) is 16.8. The highest BCUT2D eigenvalue weighted by Gasteiger charge is 2.17. The molecule has 0 unspecified atom stereocenters. The lowest BCUT2D eigenvalue weighted by atomic mass is 10.0. The van der Waals surface area contributed by atoms with Crippen molar-refractivity contribution in [1.29, 1.82) is 0 Å². The zero-order chi connectivity index (χ0) is 19.8. The molecule has 1 amide bonds. The minimum Gasteiger partial charge on any atom is -0.358 e. The van der Waals surface area contributed by atoms with Gasteiger partial charge < -0.3 is 5.32 Å². The Labute approximate surface area is 170 Å². The number of hydrogen-bond acceptors (Lipinski definition) is 4. The molecule has 3 rings (SSSR count). The summed E-state index contributed by atoms with van der Waals surface area (Å²) in [6.45, 7) is 1.88. The Bertz CT molecular complexity index is 906. The molecular formula is C23H25N3OS. The van der Waals surface area contributed by atoms with Crippen molar-refractivity contribution in [3.63, 3.8) is 0 Å². The maximum Gasteiger partial charge on any atom is 0.233 e. The molecule has 1 aromatic heterocycles. The standard InChI is InChI=1S/C23H25N3OS/c1-17(23(27)24-2)28-21-16-25-20(15-18-11-7-3-4-8-12-18)22(26-21)19-13-9-5-6-10-14-19/h3-5,7,9-14,16-17H,6,8,15H2,1-2H3,(H,24,27)/t17-/m0/s1. The fraction of sp³-hybridized carbons (Fsp3) is 0.261. The molecule has 1 atom stereocenters. The van der Waals surface area contributed by atoms with Crippen molar-refractivity contribution in [3.8, 4) is 0 Å². The summed E-state index contributed by atoms with van der Waals surface area (Å²) in [4.78, 5) is 21.5. The van der Waals surface area contributed by atoms with Crippen LogP contribution in [0.25, 0.3) is 5.57 Å². The van der Waals surface area contributed by atoms with Crippen LogP contribution in [-0.2, 0) is 11.2 Å². The molecular weight excluding hydrogens is 366 g/mol. The second-order valence-corrected chi connectivity index (χ2v) is 7.91. The summed E-state index contributed by atoms with van der Waals surface area (Å²) in [5.74, 6) is -0.0183. The molecule has 28 heavy (non-hydrogen) atoms. The summed E-state index contributed by atoms with van der Waals surface area (Å²) in [7, 11) is 1.65. The summed E-state index contributed by atoms with van der Waals surface area (Å²) >= 11 is 1.42. The van der Waals surface area contributed by atoms with Crippen LogP contribution in [0.4, 0.5) is 0 Å². The Morgan fingerprint density at radius 1 is 1.18 bits per heavy atom. The number of carbonyl (C=O) groups is 1. The predicted molar refractivity (Wildman–Crippen MR) is 117 cm³/mol. The van der Waals surface area contributed by atoms with E-state index in [4.69, 9.17) is 9.97 Å². The lowest BCUT2D eigenvalue weighted by Crippen LogP contribution is -2.27. The lowest BCUT2D eigenvalue weighted by Gasteiger charge is -2.13.